The lowest BCUT2D eigenvalue weighted by Gasteiger charge is -2.35. The van der Waals surface area contributed by atoms with Gasteiger partial charge in [0, 0.05) is 27.5 Å². The summed E-state index contributed by atoms with van der Waals surface area (Å²) in [6.07, 6.45) is 0.978. The van der Waals surface area contributed by atoms with E-state index in [2.05, 4.69) is 108 Å². The lowest BCUT2D eigenvalue weighted by atomic mass is 9.88. The molecule has 32 heavy (non-hydrogen) atoms. The van der Waals surface area contributed by atoms with Crippen LogP contribution in [-0.4, -0.2) is 11.7 Å². The van der Waals surface area contributed by atoms with Gasteiger partial charge in [-0.15, -0.1) is 0 Å². The molecule has 6 rings (SSSR count). The molecule has 5 aromatic rings. The molecule has 0 aliphatic carbocycles. The number of para-hydroxylation sites is 2. The van der Waals surface area contributed by atoms with Crippen LogP contribution in [0, 0.1) is 6.92 Å². The molecule has 3 nitrogen and oxygen atoms in total. The predicted molar refractivity (Wildman–Crippen MR) is 133 cm³/mol. The van der Waals surface area contributed by atoms with Crippen molar-refractivity contribution in [3.63, 3.8) is 0 Å². The number of rotatable bonds is 3. The maximum absolute atomic E-state index is 5.38. The lowest BCUT2D eigenvalue weighted by Crippen LogP contribution is -2.25. The molecule has 0 fully saturated rings. The molecule has 3 heteroatoms. The molecule has 1 N–H and O–H groups in total. The molecule has 1 aromatic heterocycles. The van der Waals surface area contributed by atoms with Gasteiger partial charge < -0.3 is 14.6 Å². The van der Waals surface area contributed by atoms with Crippen molar-refractivity contribution < 1.29 is 4.74 Å². The molecule has 2 heterocycles. The van der Waals surface area contributed by atoms with Crippen molar-refractivity contribution in [2.45, 2.75) is 25.4 Å². The second-order valence-corrected chi connectivity index (χ2v) is 8.72. The first-order chi connectivity index (χ1) is 15.7. The molecule has 4 aromatic carbocycles. The van der Waals surface area contributed by atoms with Crippen LogP contribution >= 0.6 is 0 Å². The Morgan fingerprint density at radius 3 is 2.12 bits per heavy atom. The highest BCUT2D eigenvalue weighted by Crippen LogP contribution is 2.45. The normalized spacial score (nSPS) is 17.8. The summed E-state index contributed by atoms with van der Waals surface area (Å²) in [5, 5.41) is 6.44. The van der Waals surface area contributed by atoms with E-state index < -0.39 is 0 Å². The molecule has 158 valence electrons. The van der Waals surface area contributed by atoms with Crippen LogP contribution in [0.15, 0.2) is 91.0 Å². The van der Waals surface area contributed by atoms with Crippen LogP contribution < -0.4 is 10.1 Å². The van der Waals surface area contributed by atoms with E-state index >= 15 is 0 Å². The van der Waals surface area contributed by atoms with E-state index in [1.165, 1.54) is 44.2 Å². The number of nitrogens with one attached hydrogen (secondary N) is 1. The Balaban J connectivity index is 1.57. The van der Waals surface area contributed by atoms with Gasteiger partial charge in [0.2, 0.25) is 0 Å². The average molecular weight is 419 g/mol. The van der Waals surface area contributed by atoms with Crippen molar-refractivity contribution in [3.05, 3.63) is 108 Å². The van der Waals surface area contributed by atoms with Gasteiger partial charge in [-0.2, -0.15) is 0 Å². The number of methoxy groups -OCH3 is 1. The van der Waals surface area contributed by atoms with Gasteiger partial charge in [0.25, 0.3) is 0 Å². The predicted octanol–water partition coefficient (Wildman–Crippen LogP) is 7.26. The number of nitrogens with zero attached hydrogens (tertiary/aromatic N) is 1. The zero-order chi connectivity index (χ0) is 21.7. The van der Waals surface area contributed by atoms with Gasteiger partial charge in [-0.05, 0) is 54.8 Å². The quantitative estimate of drug-likeness (QED) is 0.334. The minimum atomic E-state index is 0.223. The summed E-state index contributed by atoms with van der Waals surface area (Å²) in [5.74, 6) is 0.888. The van der Waals surface area contributed by atoms with Gasteiger partial charge in [-0.1, -0.05) is 66.2 Å². The third kappa shape index (κ3) is 2.96. The van der Waals surface area contributed by atoms with Gasteiger partial charge in [0.05, 0.1) is 19.2 Å². The third-order valence-electron chi connectivity index (χ3n) is 6.80. The Morgan fingerprint density at radius 2 is 1.47 bits per heavy atom. The zero-order valence-electron chi connectivity index (χ0n) is 18.4. The monoisotopic (exact) mass is 418 g/mol. The van der Waals surface area contributed by atoms with E-state index in [0.29, 0.717) is 0 Å². The minimum Gasteiger partial charge on any atom is -0.497 e. The van der Waals surface area contributed by atoms with Gasteiger partial charge in [-0.25, -0.2) is 0 Å². The molecule has 0 spiro atoms. The molecule has 1 aliphatic rings. The number of ether oxygens (including phenoxy) is 1. The third-order valence-corrected chi connectivity index (χ3v) is 6.80. The highest BCUT2D eigenvalue weighted by atomic mass is 16.5. The van der Waals surface area contributed by atoms with Crippen LogP contribution in [-0.2, 0) is 0 Å². The van der Waals surface area contributed by atoms with Crippen LogP contribution in [0.1, 0.15) is 35.2 Å². The number of hydrogen-bond acceptors (Lipinski definition) is 2. The second kappa shape index (κ2) is 7.45. The minimum absolute atomic E-state index is 0.223. The molecule has 0 unspecified atom stereocenters. The number of aryl methyl sites for hydroxylation is 1. The van der Waals surface area contributed by atoms with Crippen LogP contribution in [0.4, 0.5) is 5.69 Å². The van der Waals surface area contributed by atoms with E-state index in [9.17, 15) is 0 Å². The molecule has 0 saturated heterocycles. The van der Waals surface area contributed by atoms with Crippen molar-refractivity contribution in [3.8, 4) is 5.75 Å². The molecule has 1 aliphatic heterocycles. The van der Waals surface area contributed by atoms with Crippen molar-refractivity contribution in [2.75, 3.05) is 12.4 Å². The average Bonchev–Trinajstić information content (AvgIpc) is 3.18. The number of anilines is 1. The number of fused-ring (bicyclic) bond motifs is 4. The summed E-state index contributed by atoms with van der Waals surface area (Å²) < 4.78 is 7.93. The standard InChI is InChI=1S/C29H26N2O/c1-19-11-16-25-24(17-19)29(18-26(30-25)20-12-14-21(32-2)15-13-20)31-27-9-5-3-7-22(27)23-8-4-6-10-28(23)31/h3-17,26,29-30H,18H2,1-2H3/t26-,29-/m0/s1. The molecular weight excluding hydrogens is 392 g/mol. The smallest absolute Gasteiger partial charge is 0.118 e. The Morgan fingerprint density at radius 1 is 0.812 bits per heavy atom. The van der Waals surface area contributed by atoms with Crippen molar-refractivity contribution in [1.29, 1.82) is 0 Å². The van der Waals surface area contributed by atoms with Crippen molar-refractivity contribution >= 4 is 27.5 Å². The summed E-state index contributed by atoms with van der Waals surface area (Å²) in [7, 11) is 1.71. The fraction of sp³-hybridized carbons (Fsp3) is 0.172. The molecule has 0 bridgehead atoms. The van der Waals surface area contributed by atoms with Gasteiger partial charge >= 0.3 is 0 Å². The number of hydrogen-bond donors (Lipinski definition) is 1. The van der Waals surface area contributed by atoms with Gasteiger partial charge in [0.15, 0.2) is 0 Å². The highest BCUT2D eigenvalue weighted by molar-refractivity contribution is 6.08. The second-order valence-electron chi connectivity index (χ2n) is 8.72. The van der Waals surface area contributed by atoms with Crippen LogP contribution in [0.25, 0.3) is 21.8 Å². The summed E-state index contributed by atoms with van der Waals surface area (Å²) >= 11 is 0. The number of aromatic nitrogens is 1. The van der Waals surface area contributed by atoms with E-state index in [1.54, 1.807) is 7.11 Å². The molecule has 2 atom stereocenters. The fourth-order valence-electron chi connectivity index (χ4n) is 5.27. The molecule has 0 saturated carbocycles. The number of benzene rings is 4. The molecular formula is C29H26N2O. The molecule has 0 amide bonds. The summed E-state index contributed by atoms with van der Waals surface area (Å²) in [6.45, 7) is 2.18. The summed E-state index contributed by atoms with van der Waals surface area (Å²) in [4.78, 5) is 0. The van der Waals surface area contributed by atoms with E-state index in [1.807, 2.05) is 0 Å². The van der Waals surface area contributed by atoms with Crippen LogP contribution in [0.2, 0.25) is 0 Å². The van der Waals surface area contributed by atoms with Crippen molar-refractivity contribution in [1.82, 2.24) is 4.57 Å². The first kappa shape index (κ1) is 19.0. The Hall–Kier alpha value is -3.72. The van der Waals surface area contributed by atoms with Crippen LogP contribution in [0.5, 0.6) is 5.75 Å². The van der Waals surface area contributed by atoms with E-state index in [0.717, 1.165) is 12.2 Å². The Bertz CT molecular complexity index is 1380. The summed E-state index contributed by atoms with van der Waals surface area (Å²) in [5.41, 5.74) is 7.74. The zero-order valence-corrected chi connectivity index (χ0v) is 18.4. The largest absolute Gasteiger partial charge is 0.497 e. The Labute approximate surface area is 188 Å². The maximum atomic E-state index is 5.38. The lowest BCUT2D eigenvalue weighted by molar-refractivity contribution is 0.414. The van der Waals surface area contributed by atoms with E-state index in [4.69, 9.17) is 4.74 Å². The van der Waals surface area contributed by atoms with Gasteiger partial charge in [0.1, 0.15) is 5.75 Å². The highest BCUT2D eigenvalue weighted by Gasteiger charge is 2.30. The fourth-order valence-corrected chi connectivity index (χ4v) is 5.27. The SMILES string of the molecule is COc1ccc([C@@H]2C[C@H](n3c4ccccc4c4ccccc43)c3cc(C)ccc3N2)cc1. The van der Waals surface area contributed by atoms with E-state index in [-0.39, 0.29) is 12.1 Å². The molecule has 0 radical (unpaired) electrons. The van der Waals surface area contributed by atoms with Gasteiger partial charge in [-0.3, -0.25) is 0 Å². The van der Waals surface area contributed by atoms with Crippen molar-refractivity contribution in [2.24, 2.45) is 0 Å². The Kier molecular flexibility index (Phi) is 4.43. The maximum Gasteiger partial charge on any atom is 0.118 e. The first-order valence-corrected chi connectivity index (χ1v) is 11.2. The first-order valence-electron chi connectivity index (χ1n) is 11.2. The summed E-state index contributed by atoms with van der Waals surface area (Å²) in [6, 6.07) is 33.3. The topological polar surface area (TPSA) is 26.2 Å². The van der Waals surface area contributed by atoms with Crippen LogP contribution in [0.3, 0.4) is 0 Å².